The predicted octanol–water partition coefficient (Wildman–Crippen LogP) is 0.856. The zero-order valence-electron chi connectivity index (χ0n) is 9.63. The van der Waals surface area contributed by atoms with E-state index in [2.05, 4.69) is 0 Å². The Balaban J connectivity index is 0. The molecule has 0 aromatic heterocycles. The van der Waals surface area contributed by atoms with E-state index in [0.29, 0.717) is 6.42 Å². The Labute approximate surface area is 85.2 Å². The molecule has 84 valence electrons. The van der Waals surface area contributed by atoms with E-state index in [9.17, 15) is 9.90 Å². The third-order valence-corrected chi connectivity index (χ3v) is 1.69. The lowest BCUT2D eigenvalue weighted by Crippen LogP contribution is -2.31. The lowest BCUT2D eigenvalue weighted by atomic mass is 9.85. The summed E-state index contributed by atoms with van der Waals surface area (Å²) >= 11 is 0. The molecule has 0 aromatic rings. The van der Waals surface area contributed by atoms with Crippen LogP contribution in [-0.2, 0) is 4.79 Å². The van der Waals surface area contributed by atoms with Gasteiger partial charge in [-0.1, -0.05) is 26.8 Å². The van der Waals surface area contributed by atoms with E-state index in [1.807, 2.05) is 0 Å². The number of hydrogen-bond donors (Lipinski definition) is 2. The number of carboxylic acids is 1. The Kier molecular flexibility index (Phi) is 6.43. The number of carbonyl (C=O) groups excluding carboxylic acids is 1. The second kappa shape index (κ2) is 5.78. The molecule has 0 spiro atoms. The van der Waals surface area contributed by atoms with Crippen LogP contribution in [0.4, 0.5) is 0 Å². The van der Waals surface area contributed by atoms with Gasteiger partial charge in [0.05, 0.1) is 12.1 Å². The van der Waals surface area contributed by atoms with E-state index < -0.39 is 17.5 Å². The molecule has 0 aromatic carbocycles. The Morgan fingerprint density at radius 3 is 2.14 bits per heavy atom. The fraction of sp³-hybridized carbons (Fsp3) is 0.700. The normalized spacial score (nSPS) is 14.5. The van der Waals surface area contributed by atoms with E-state index in [0.717, 1.165) is 0 Å². The van der Waals surface area contributed by atoms with Crippen molar-refractivity contribution in [1.29, 1.82) is 0 Å². The number of rotatable bonds is 3. The SMILES string of the molecule is CC(O)CC=C(C(=O)[O-])C(C)(C)C.[NH4+]. The molecule has 4 heteroatoms. The summed E-state index contributed by atoms with van der Waals surface area (Å²) in [4.78, 5) is 10.7. The van der Waals surface area contributed by atoms with E-state index in [1.54, 1.807) is 27.7 Å². The van der Waals surface area contributed by atoms with Gasteiger partial charge in [0.25, 0.3) is 0 Å². The van der Waals surface area contributed by atoms with Crippen LogP contribution in [0.15, 0.2) is 11.6 Å². The fourth-order valence-electron chi connectivity index (χ4n) is 0.984. The second-order valence-corrected chi connectivity index (χ2v) is 4.24. The van der Waals surface area contributed by atoms with E-state index in [4.69, 9.17) is 5.11 Å². The summed E-state index contributed by atoms with van der Waals surface area (Å²) in [6.07, 6.45) is 1.36. The van der Waals surface area contributed by atoms with Crippen LogP contribution < -0.4 is 11.3 Å². The first kappa shape index (κ1) is 15.6. The number of carbonyl (C=O) groups is 1. The molecule has 0 saturated heterocycles. The highest BCUT2D eigenvalue weighted by Crippen LogP contribution is 2.25. The lowest BCUT2D eigenvalue weighted by molar-refractivity contribution is -0.300. The van der Waals surface area contributed by atoms with E-state index >= 15 is 0 Å². The molecule has 0 rings (SSSR count). The third-order valence-electron chi connectivity index (χ3n) is 1.69. The Morgan fingerprint density at radius 1 is 1.50 bits per heavy atom. The Bertz CT molecular complexity index is 214. The molecular weight excluding hydrogens is 182 g/mol. The molecule has 0 radical (unpaired) electrons. The highest BCUT2D eigenvalue weighted by Gasteiger charge is 2.17. The average molecular weight is 203 g/mol. The maximum Gasteiger partial charge on any atom is 0.0677 e. The summed E-state index contributed by atoms with van der Waals surface area (Å²) in [7, 11) is 0. The minimum absolute atomic E-state index is 0. The topological polar surface area (TPSA) is 96.9 Å². The molecule has 0 heterocycles. The molecule has 0 amide bonds. The van der Waals surface area contributed by atoms with Crippen LogP contribution in [0.1, 0.15) is 34.1 Å². The van der Waals surface area contributed by atoms with Gasteiger partial charge in [0, 0.05) is 0 Å². The van der Waals surface area contributed by atoms with Gasteiger partial charge >= 0.3 is 0 Å². The van der Waals surface area contributed by atoms with Crippen molar-refractivity contribution >= 4 is 5.97 Å². The monoisotopic (exact) mass is 203 g/mol. The minimum Gasteiger partial charge on any atom is -0.545 e. The quantitative estimate of drug-likeness (QED) is 0.665. The first-order chi connectivity index (χ1) is 5.75. The third kappa shape index (κ3) is 5.72. The maximum atomic E-state index is 10.7. The lowest BCUT2D eigenvalue weighted by Gasteiger charge is -2.24. The number of carboxylic acid groups (broad SMARTS) is 1. The van der Waals surface area contributed by atoms with Crippen molar-refractivity contribution in [3.05, 3.63) is 11.6 Å². The summed E-state index contributed by atoms with van der Waals surface area (Å²) < 4.78 is 0. The van der Waals surface area contributed by atoms with Crippen molar-refractivity contribution < 1.29 is 15.0 Å². The van der Waals surface area contributed by atoms with Crippen LogP contribution >= 0.6 is 0 Å². The second-order valence-electron chi connectivity index (χ2n) is 4.24. The summed E-state index contributed by atoms with van der Waals surface area (Å²) in [5.74, 6) is -1.16. The number of aliphatic hydroxyl groups excluding tert-OH is 1. The zero-order valence-corrected chi connectivity index (χ0v) is 9.63. The summed E-state index contributed by atoms with van der Waals surface area (Å²) in [6, 6.07) is 0. The van der Waals surface area contributed by atoms with Crippen molar-refractivity contribution in [2.75, 3.05) is 0 Å². The molecule has 0 aliphatic rings. The van der Waals surface area contributed by atoms with Gasteiger partial charge in [-0.25, -0.2) is 0 Å². The number of aliphatic hydroxyl groups is 1. The summed E-state index contributed by atoms with van der Waals surface area (Å²) in [5.41, 5.74) is -0.193. The van der Waals surface area contributed by atoms with Gasteiger partial charge in [-0.15, -0.1) is 0 Å². The highest BCUT2D eigenvalue weighted by molar-refractivity contribution is 5.86. The molecule has 0 aliphatic heterocycles. The van der Waals surface area contributed by atoms with Gasteiger partial charge in [0.1, 0.15) is 0 Å². The van der Waals surface area contributed by atoms with E-state index in [1.165, 1.54) is 6.08 Å². The van der Waals surface area contributed by atoms with Crippen LogP contribution in [-0.4, -0.2) is 17.2 Å². The molecule has 5 N–H and O–H groups in total. The van der Waals surface area contributed by atoms with Crippen molar-refractivity contribution in [2.45, 2.75) is 40.2 Å². The molecule has 14 heavy (non-hydrogen) atoms. The molecule has 1 unspecified atom stereocenters. The number of quaternary nitrogens is 1. The van der Waals surface area contributed by atoms with Crippen molar-refractivity contribution in [1.82, 2.24) is 6.15 Å². The zero-order chi connectivity index (χ0) is 10.6. The smallest absolute Gasteiger partial charge is 0.0677 e. The first-order valence-electron chi connectivity index (χ1n) is 4.35. The van der Waals surface area contributed by atoms with Gasteiger partial charge in [0.2, 0.25) is 0 Å². The first-order valence-corrected chi connectivity index (χ1v) is 4.35. The van der Waals surface area contributed by atoms with Crippen LogP contribution in [0.5, 0.6) is 0 Å². The van der Waals surface area contributed by atoms with Gasteiger partial charge in [-0.3, -0.25) is 0 Å². The Hall–Kier alpha value is -0.870. The minimum atomic E-state index is -1.16. The van der Waals surface area contributed by atoms with Crippen LogP contribution in [0.3, 0.4) is 0 Å². The van der Waals surface area contributed by atoms with Crippen LogP contribution in [0.2, 0.25) is 0 Å². The summed E-state index contributed by atoms with van der Waals surface area (Å²) in [5, 5.41) is 19.7. The molecule has 0 fully saturated rings. The van der Waals surface area contributed by atoms with Gasteiger partial charge in [-0.2, -0.15) is 0 Å². The molecule has 4 nitrogen and oxygen atoms in total. The van der Waals surface area contributed by atoms with Crippen molar-refractivity contribution in [3.63, 3.8) is 0 Å². The molecule has 0 bridgehead atoms. The van der Waals surface area contributed by atoms with Crippen LogP contribution in [0.25, 0.3) is 0 Å². The summed E-state index contributed by atoms with van der Waals surface area (Å²) in [6.45, 7) is 7.02. The highest BCUT2D eigenvalue weighted by atomic mass is 16.4. The van der Waals surface area contributed by atoms with E-state index in [-0.39, 0.29) is 11.7 Å². The maximum absolute atomic E-state index is 10.7. The predicted molar refractivity (Wildman–Crippen MR) is 54.8 cm³/mol. The van der Waals surface area contributed by atoms with Gasteiger partial charge < -0.3 is 21.2 Å². The van der Waals surface area contributed by atoms with Gasteiger partial charge in [0.15, 0.2) is 0 Å². The Morgan fingerprint density at radius 2 is 1.93 bits per heavy atom. The number of hydrogen-bond acceptors (Lipinski definition) is 3. The number of aliphatic carboxylic acids is 1. The van der Waals surface area contributed by atoms with Crippen LogP contribution in [0, 0.1) is 5.41 Å². The molecule has 0 saturated carbocycles. The van der Waals surface area contributed by atoms with Crippen molar-refractivity contribution in [2.24, 2.45) is 5.41 Å². The molecule has 0 aliphatic carbocycles. The molecule has 1 atom stereocenters. The molecular formula is C10H21NO3. The van der Waals surface area contributed by atoms with Gasteiger partial charge in [-0.05, 0) is 24.3 Å². The standard InChI is InChI=1S/C10H18O3.H3N/c1-7(11)5-6-8(9(12)13)10(2,3)4;/h6-7,11H,5H2,1-4H3,(H,12,13);1H3. The van der Waals surface area contributed by atoms with Crippen molar-refractivity contribution in [3.8, 4) is 0 Å². The average Bonchev–Trinajstić information content (AvgIpc) is 1.81. The largest absolute Gasteiger partial charge is 0.545 e. The fourth-order valence-corrected chi connectivity index (χ4v) is 0.984.